The van der Waals surface area contributed by atoms with Crippen molar-refractivity contribution < 1.29 is 14.2 Å². The Bertz CT molecular complexity index is 540. The Morgan fingerprint density at radius 3 is 2.44 bits per heavy atom. The standard InChI is InChI=1S/C14H15FO2S/c1-8-6-10(15)7-9(2)12(8)13(16)14-11(17-3)4-5-18-14/h4-7,13,16H,1-3H3. The lowest BCUT2D eigenvalue weighted by Gasteiger charge is -2.16. The molecule has 1 atom stereocenters. The maximum Gasteiger partial charge on any atom is 0.135 e. The molecule has 2 rings (SSSR count). The number of aryl methyl sites for hydroxylation is 2. The lowest BCUT2D eigenvalue weighted by atomic mass is 9.96. The van der Waals surface area contributed by atoms with Crippen molar-refractivity contribution in [3.63, 3.8) is 0 Å². The Kier molecular flexibility index (Phi) is 3.68. The van der Waals surface area contributed by atoms with Gasteiger partial charge < -0.3 is 9.84 Å². The Morgan fingerprint density at radius 2 is 1.89 bits per heavy atom. The average molecular weight is 266 g/mol. The molecule has 1 aromatic heterocycles. The number of thiophene rings is 1. The summed E-state index contributed by atoms with van der Waals surface area (Å²) in [5.41, 5.74) is 2.24. The van der Waals surface area contributed by atoms with Crippen LogP contribution >= 0.6 is 11.3 Å². The molecule has 2 nitrogen and oxygen atoms in total. The fourth-order valence-corrected chi connectivity index (χ4v) is 3.01. The summed E-state index contributed by atoms with van der Waals surface area (Å²) in [4.78, 5) is 0.746. The summed E-state index contributed by atoms with van der Waals surface area (Å²) in [5.74, 6) is 0.384. The first-order valence-corrected chi connectivity index (χ1v) is 6.48. The number of hydrogen-bond donors (Lipinski definition) is 1. The molecule has 0 radical (unpaired) electrons. The fourth-order valence-electron chi connectivity index (χ4n) is 2.16. The van der Waals surface area contributed by atoms with Gasteiger partial charge in [0.1, 0.15) is 17.7 Å². The monoisotopic (exact) mass is 266 g/mol. The summed E-state index contributed by atoms with van der Waals surface area (Å²) >= 11 is 1.43. The van der Waals surface area contributed by atoms with E-state index >= 15 is 0 Å². The Balaban J connectivity index is 2.49. The minimum absolute atomic E-state index is 0.279. The van der Waals surface area contributed by atoms with E-state index in [0.29, 0.717) is 5.75 Å². The molecule has 1 heterocycles. The van der Waals surface area contributed by atoms with E-state index in [1.807, 2.05) is 11.4 Å². The first-order chi connectivity index (χ1) is 8.54. The number of benzene rings is 1. The number of ether oxygens (including phenoxy) is 1. The third kappa shape index (κ3) is 2.26. The first-order valence-electron chi connectivity index (χ1n) is 5.60. The lowest BCUT2D eigenvalue weighted by molar-refractivity contribution is 0.217. The van der Waals surface area contributed by atoms with Crippen LogP contribution in [-0.2, 0) is 0 Å². The summed E-state index contributed by atoms with van der Waals surface area (Å²) in [7, 11) is 1.57. The second kappa shape index (κ2) is 5.08. The van der Waals surface area contributed by atoms with Gasteiger partial charge in [0.05, 0.1) is 12.0 Å². The van der Waals surface area contributed by atoms with Crippen LogP contribution in [0.3, 0.4) is 0 Å². The Labute approximate surface area is 110 Å². The van der Waals surface area contributed by atoms with Crippen molar-refractivity contribution in [3.05, 3.63) is 51.0 Å². The van der Waals surface area contributed by atoms with Gasteiger partial charge in [-0.2, -0.15) is 0 Å². The van der Waals surface area contributed by atoms with Crippen molar-refractivity contribution in [1.29, 1.82) is 0 Å². The molecule has 1 unspecified atom stereocenters. The zero-order chi connectivity index (χ0) is 13.3. The van der Waals surface area contributed by atoms with Crippen molar-refractivity contribution in [3.8, 4) is 5.75 Å². The van der Waals surface area contributed by atoms with Crippen LogP contribution in [0.5, 0.6) is 5.75 Å². The molecule has 0 spiro atoms. The van der Waals surface area contributed by atoms with Gasteiger partial charge in [0, 0.05) is 0 Å². The maximum absolute atomic E-state index is 13.3. The quantitative estimate of drug-likeness (QED) is 0.920. The smallest absolute Gasteiger partial charge is 0.135 e. The van der Waals surface area contributed by atoms with Crippen LogP contribution in [0.4, 0.5) is 4.39 Å². The highest BCUT2D eigenvalue weighted by Crippen LogP contribution is 2.37. The molecule has 1 aromatic carbocycles. The minimum atomic E-state index is -0.777. The lowest BCUT2D eigenvalue weighted by Crippen LogP contribution is -2.05. The molecule has 0 saturated carbocycles. The van der Waals surface area contributed by atoms with Crippen LogP contribution in [-0.4, -0.2) is 12.2 Å². The summed E-state index contributed by atoms with van der Waals surface area (Å²) in [5, 5.41) is 12.3. The number of rotatable bonds is 3. The average Bonchev–Trinajstić information content (AvgIpc) is 2.75. The highest BCUT2D eigenvalue weighted by atomic mass is 32.1. The van der Waals surface area contributed by atoms with Crippen molar-refractivity contribution in [2.45, 2.75) is 20.0 Å². The van der Waals surface area contributed by atoms with Crippen LogP contribution in [0.15, 0.2) is 23.6 Å². The van der Waals surface area contributed by atoms with Crippen LogP contribution in [0.2, 0.25) is 0 Å². The topological polar surface area (TPSA) is 29.5 Å². The Morgan fingerprint density at radius 1 is 1.28 bits per heavy atom. The molecule has 2 aromatic rings. The van der Waals surface area contributed by atoms with E-state index in [0.717, 1.165) is 21.6 Å². The van der Waals surface area contributed by atoms with Gasteiger partial charge in [-0.15, -0.1) is 11.3 Å². The van der Waals surface area contributed by atoms with Crippen LogP contribution in [0.25, 0.3) is 0 Å². The normalized spacial score (nSPS) is 12.5. The molecule has 0 amide bonds. The number of hydrogen-bond acceptors (Lipinski definition) is 3. The molecule has 18 heavy (non-hydrogen) atoms. The van der Waals surface area contributed by atoms with Crippen LogP contribution in [0.1, 0.15) is 27.7 Å². The van der Waals surface area contributed by atoms with E-state index in [9.17, 15) is 9.50 Å². The summed E-state index contributed by atoms with van der Waals surface area (Å²) in [6.45, 7) is 3.60. The predicted octanol–water partition coefficient (Wildman–Crippen LogP) is 3.59. The molecule has 96 valence electrons. The molecule has 1 N–H and O–H groups in total. The van der Waals surface area contributed by atoms with Gasteiger partial charge in [-0.25, -0.2) is 4.39 Å². The summed E-state index contributed by atoms with van der Waals surface area (Å²) in [6.07, 6.45) is -0.777. The van der Waals surface area contributed by atoms with E-state index in [1.165, 1.54) is 23.5 Å². The second-order valence-electron chi connectivity index (χ2n) is 4.21. The van der Waals surface area contributed by atoms with Crippen molar-refractivity contribution in [2.75, 3.05) is 7.11 Å². The third-order valence-corrected chi connectivity index (χ3v) is 3.91. The van der Waals surface area contributed by atoms with Gasteiger partial charge in [-0.1, -0.05) is 0 Å². The van der Waals surface area contributed by atoms with Gasteiger partial charge in [0.2, 0.25) is 0 Å². The van der Waals surface area contributed by atoms with E-state index in [1.54, 1.807) is 21.0 Å². The van der Waals surface area contributed by atoms with Gasteiger partial charge in [0.25, 0.3) is 0 Å². The van der Waals surface area contributed by atoms with Gasteiger partial charge >= 0.3 is 0 Å². The summed E-state index contributed by atoms with van der Waals surface area (Å²) in [6, 6.07) is 4.69. The van der Waals surface area contributed by atoms with E-state index in [-0.39, 0.29) is 5.82 Å². The molecule has 0 fully saturated rings. The minimum Gasteiger partial charge on any atom is -0.495 e. The fraction of sp³-hybridized carbons (Fsp3) is 0.286. The maximum atomic E-state index is 13.3. The molecule has 0 aliphatic heterocycles. The highest BCUT2D eigenvalue weighted by molar-refractivity contribution is 7.10. The third-order valence-electron chi connectivity index (χ3n) is 2.96. The highest BCUT2D eigenvalue weighted by Gasteiger charge is 2.21. The molecular weight excluding hydrogens is 251 g/mol. The van der Waals surface area contributed by atoms with Crippen molar-refractivity contribution >= 4 is 11.3 Å². The number of methoxy groups -OCH3 is 1. The number of aliphatic hydroxyl groups excluding tert-OH is 1. The van der Waals surface area contributed by atoms with Gasteiger partial charge in [-0.3, -0.25) is 0 Å². The number of halogens is 1. The first kappa shape index (κ1) is 13.1. The zero-order valence-electron chi connectivity index (χ0n) is 10.5. The van der Waals surface area contributed by atoms with Gasteiger partial charge in [0.15, 0.2) is 0 Å². The van der Waals surface area contributed by atoms with Crippen molar-refractivity contribution in [1.82, 2.24) is 0 Å². The molecule has 4 heteroatoms. The molecular formula is C14H15FO2S. The molecule has 0 aliphatic carbocycles. The molecule has 0 bridgehead atoms. The molecule has 0 aliphatic rings. The zero-order valence-corrected chi connectivity index (χ0v) is 11.3. The van der Waals surface area contributed by atoms with E-state index in [4.69, 9.17) is 4.74 Å². The number of aliphatic hydroxyl groups is 1. The van der Waals surface area contributed by atoms with E-state index in [2.05, 4.69) is 0 Å². The predicted molar refractivity (Wildman–Crippen MR) is 70.8 cm³/mol. The van der Waals surface area contributed by atoms with Gasteiger partial charge in [-0.05, 0) is 54.1 Å². The second-order valence-corrected chi connectivity index (χ2v) is 5.16. The van der Waals surface area contributed by atoms with Crippen LogP contribution < -0.4 is 4.74 Å². The largest absolute Gasteiger partial charge is 0.495 e. The van der Waals surface area contributed by atoms with Crippen molar-refractivity contribution in [2.24, 2.45) is 0 Å². The van der Waals surface area contributed by atoms with E-state index < -0.39 is 6.10 Å². The molecule has 0 saturated heterocycles. The summed E-state index contributed by atoms with van der Waals surface area (Å²) < 4.78 is 18.5. The van der Waals surface area contributed by atoms with Crippen LogP contribution in [0, 0.1) is 19.7 Å². The Hall–Kier alpha value is -1.39. The SMILES string of the molecule is COc1ccsc1C(O)c1c(C)cc(F)cc1C.